The van der Waals surface area contributed by atoms with Gasteiger partial charge in [-0.25, -0.2) is 0 Å². The Morgan fingerprint density at radius 1 is 1.17 bits per heavy atom. The van der Waals surface area contributed by atoms with Gasteiger partial charge in [-0.3, -0.25) is 0 Å². The third-order valence-electron chi connectivity index (χ3n) is 3.05. The number of nitrogens with one attached hydrogen (secondary N) is 2. The van der Waals surface area contributed by atoms with E-state index in [0.717, 1.165) is 30.2 Å². The van der Waals surface area contributed by atoms with E-state index in [4.69, 9.17) is 9.47 Å². The molecule has 1 aromatic rings. The molecule has 102 valence electrons. The number of rotatable bonds is 7. The highest BCUT2D eigenvalue weighted by atomic mass is 16.5. The number of benzene rings is 1. The van der Waals surface area contributed by atoms with Gasteiger partial charge in [0.2, 0.25) is 0 Å². The van der Waals surface area contributed by atoms with Gasteiger partial charge in [-0.15, -0.1) is 0 Å². The third-order valence-corrected chi connectivity index (χ3v) is 3.05. The van der Waals surface area contributed by atoms with Gasteiger partial charge in [0.15, 0.2) is 0 Å². The molecule has 4 nitrogen and oxygen atoms in total. The van der Waals surface area contributed by atoms with Crippen molar-refractivity contribution in [3.05, 3.63) is 23.8 Å². The SMILES string of the molecule is CNC(C)(C)CNCc1cc(OC)ccc1OC. The molecule has 0 spiro atoms. The van der Waals surface area contributed by atoms with Crippen LogP contribution < -0.4 is 20.1 Å². The topological polar surface area (TPSA) is 42.5 Å². The Bertz CT molecular complexity index is 378. The number of methoxy groups -OCH3 is 2. The van der Waals surface area contributed by atoms with Crippen LogP contribution in [-0.4, -0.2) is 33.4 Å². The van der Waals surface area contributed by atoms with Crippen molar-refractivity contribution in [1.29, 1.82) is 0 Å². The lowest BCUT2D eigenvalue weighted by Gasteiger charge is -2.24. The molecule has 1 aromatic carbocycles. The van der Waals surface area contributed by atoms with Crippen LogP contribution in [0.4, 0.5) is 0 Å². The fraction of sp³-hybridized carbons (Fsp3) is 0.571. The first-order valence-electron chi connectivity index (χ1n) is 6.13. The molecule has 0 atom stereocenters. The quantitative estimate of drug-likeness (QED) is 0.776. The van der Waals surface area contributed by atoms with Crippen molar-refractivity contribution in [3.63, 3.8) is 0 Å². The van der Waals surface area contributed by atoms with Crippen molar-refractivity contribution in [2.75, 3.05) is 27.8 Å². The van der Waals surface area contributed by atoms with Gasteiger partial charge in [0.1, 0.15) is 11.5 Å². The second kappa shape index (κ2) is 6.61. The van der Waals surface area contributed by atoms with Crippen LogP contribution in [0.15, 0.2) is 18.2 Å². The maximum absolute atomic E-state index is 5.34. The molecule has 0 radical (unpaired) electrons. The smallest absolute Gasteiger partial charge is 0.123 e. The monoisotopic (exact) mass is 252 g/mol. The number of hydrogen-bond donors (Lipinski definition) is 2. The van der Waals surface area contributed by atoms with E-state index in [9.17, 15) is 0 Å². The van der Waals surface area contributed by atoms with E-state index in [1.54, 1.807) is 14.2 Å². The molecule has 0 bridgehead atoms. The predicted molar refractivity (Wildman–Crippen MR) is 74.4 cm³/mol. The normalized spacial score (nSPS) is 11.4. The van der Waals surface area contributed by atoms with Crippen LogP contribution in [0.5, 0.6) is 11.5 Å². The minimum Gasteiger partial charge on any atom is -0.497 e. The fourth-order valence-electron chi connectivity index (χ4n) is 1.62. The van der Waals surface area contributed by atoms with Crippen LogP contribution >= 0.6 is 0 Å². The Kier molecular flexibility index (Phi) is 5.44. The first-order chi connectivity index (χ1) is 8.52. The number of hydrogen-bond acceptors (Lipinski definition) is 4. The van der Waals surface area contributed by atoms with Crippen LogP contribution in [0.25, 0.3) is 0 Å². The second-order valence-electron chi connectivity index (χ2n) is 4.92. The summed E-state index contributed by atoms with van der Waals surface area (Å²) in [4.78, 5) is 0. The minimum absolute atomic E-state index is 0.0755. The molecule has 0 aliphatic rings. The van der Waals surface area contributed by atoms with Crippen LogP contribution in [0, 0.1) is 0 Å². The van der Waals surface area contributed by atoms with E-state index in [2.05, 4.69) is 24.5 Å². The van der Waals surface area contributed by atoms with Crippen molar-refractivity contribution < 1.29 is 9.47 Å². The van der Waals surface area contributed by atoms with Gasteiger partial charge in [-0.05, 0) is 39.1 Å². The third kappa shape index (κ3) is 4.20. The summed E-state index contributed by atoms with van der Waals surface area (Å²) in [5, 5.41) is 6.68. The van der Waals surface area contributed by atoms with Crippen molar-refractivity contribution >= 4 is 0 Å². The second-order valence-corrected chi connectivity index (χ2v) is 4.92. The molecule has 0 unspecified atom stereocenters. The summed E-state index contributed by atoms with van der Waals surface area (Å²) >= 11 is 0. The van der Waals surface area contributed by atoms with Crippen LogP contribution in [0.2, 0.25) is 0 Å². The fourth-order valence-corrected chi connectivity index (χ4v) is 1.62. The highest BCUT2D eigenvalue weighted by molar-refractivity contribution is 5.40. The average Bonchev–Trinajstić information content (AvgIpc) is 2.38. The largest absolute Gasteiger partial charge is 0.497 e. The van der Waals surface area contributed by atoms with Gasteiger partial charge in [0.25, 0.3) is 0 Å². The molecule has 0 saturated carbocycles. The molecular formula is C14H24N2O2. The maximum atomic E-state index is 5.34. The van der Waals surface area contributed by atoms with Crippen LogP contribution in [-0.2, 0) is 6.54 Å². The van der Waals surface area contributed by atoms with Gasteiger partial charge in [0, 0.05) is 24.2 Å². The van der Waals surface area contributed by atoms with Gasteiger partial charge < -0.3 is 20.1 Å². The molecule has 0 aromatic heterocycles. The first kappa shape index (κ1) is 14.8. The van der Waals surface area contributed by atoms with Gasteiger partial charge in [0.05, 0.1) is 14.2 Å². The lowest BCUT2D eigenvalue weighted by Crippen LogP contribution is -2.45. The number of likely N-dealkylation sites (N-methyl/N-ethyl adjacent to an activating group) is 1. The minimum atomic E-state index is 0.0755. The van der Waals surface area contributed by atoms with E-state index in [1.165, 1.54) is 0 Å². The summed E-state index contributed by atoms with van der Waals surface area (Å²) in [5.74, 6) is 1.73. The van der Waals surface area contributed by atoms with Crippen molar-refractivity contribution in [3.8, 4) is 11.5 Å². The van der Waals surface area contributed by atoms with Crippen molar-refractivity contribution in [2.45, 2.75) is 25.9 Å². The summed E-state index contributed by atoms with van der Waals surface area (Å²) in [7, 11) is 5.32. The highest BCUT2D eigenvalue weighted by Gasteiger charge is 2.14. The molecule has 18 heavy (non-hydrogen) atoms. The Morgan fingerprint density at radius 3 is 2.44 bits per heavy atom. The van der Waals surface area contributed by atoms with E-state index < -0.39 is 0 Å². The van der Waals surface area contributed by atoms with E-state index >= 15 is 0 Å². The van der Waals surface area contributed by atoms with Gasteiger partial charge in [-0.1, -0.05) is 0 Å². The molecule has 0 fully saturated rings. The summed E-state index contributed by atoms with van der Waals surface area (Å²) < 4.78 is 10.6. The Labute approximate surface area is 110 Å². The van der Waals surface area contributed by atoms with Gasteiger partial charge >= 0.3 is 0 Å². The lowest BCUT2D eigenvalue weighted by atomic mass is 10.1. The van der Waals surface area contributed by atoms with Crippen LogP contribution in [0.3, 0.4) is 0 Å². The molecule has 4 heteroatoms. The summed E-state index contributed by atoms with van der Waals surface area (Å²) in [5.41, 5.74) is 1.18. The predicted octanol–water partition coefficient (Wildman–Crippen LogP) is 1.79. The van der Waals surface area contributed by atoms with Crippen molar-refractivity contribution in [2.24, 2.45) is 0 Å². The zero-order valence-corrected chi connectivity index (χ0v) is 12.0. The standard InChI is InChI=1S/C14H24N2O2/c1-14(2,15-3)10-16-9-11-8-12(17-4)6-7-13(11)18-5/h6-8,15-16H,9-10H2,1-5H3. The number of ether oxygens (including phenoxy) is 2. The molecule has 1 rings (SSSR count). The lowest BCUT2D eigenvalue weighted by molar-refractivity contribution is 0.381. The molecule has 0 heterocycles. The summed E-state index contributed by atoms with van der Waals surface area (Å²) in [6, 6.07) is 5.83. The Hall–Kier alpha value is -1.26. The molecule has 0 aliphatic heterocycles. The Morgan fingerprint density at radius 2 is 1.89 bits per heavy atom. The Balaban J connectivity index is 2.65. The molecule has 0 amide bonds. The molecule has 0 aliphatic carbocycles. The van der Waals surface area contributed by atoms with E-state index in [1.807, 2.05) is 25.2 Å². The summed E-state index contributed by atoms with van der Waals surface area (Å²) in [6.07, 6.45) is 0. The molecule has 0 saturated heterocycles. The summed E-state index contributed by atoms with van der Waals surface area (Å²) in [6.45, 7) is 5.95. The average molecular weight is 252 g/mol. The maximum Gasteiger partial charge on any atom is 0.123 e. The van der Waals surface area contributed by atoms with Gasteiger partial charge in [-0.2, -0.15) is 0 Å². The first-order valence-corrected chi connectivity index (χ1v) is 6.13. The van der Waals surface area contributed by atoms with Crippen LogP contribution in [0.1, 0.15) is 19.4 Å². The zero-order chi connectivity index (χ0) is 13.6. The zero-order valence-electron chi connectivity index (χ0n) is 12.0. The highest BCUT2D eigenvalue weighted by Crippen LogP contribution is 2.23. The van der Waals surface area contributed by atoms with E-state index in [0.29, 0.717) is 0 Å². The molecule has 2 N–H and O–H groups in total. The van der Waals surface area contributed by atoms with Crippen molar-refractivity contribution in [1.82, 2.24) is 10.6 Å². The van der Waals surface area contributed by atoms with E-state index in [-0.39, 0.29) is 5.54 Å². The molecular weight excluding hydrogens is 228 g/mol.